The van der Waals surface area contributed by atoms with Gasteiger partial charge in [0.05, 0.1) is 89.4 Å². The Morgan fingerprint density at radius 2 is 0.586 bits per heavy atom. The van der Waals surface area contributed by atoms with Crippen LogP contribution in [0.3, 0.4) is 0 Å². The lowest BCUT2D eigenvalue weighted by molar-refractivity contribution is 0.619. The van der Waals surface area contributed by atoms with E-state index in [1.165, 1.54) is 66.1 Å². The third kappa shape index (κ3) is 7.61. The molecule has 11 aromatic carbocycles. The van der Waals surface area contributed by atoms with Crippen LogP contribution in [0.15, 0.2) is 223 Å². The molecule has 7 heteroatoms. The smallest absolute Gasteiger partial charge is 0.231 e. The molecule has 87 heavy (non-hydrogen) atoms. The lowest BCUT2D eigenvalue weighted by Gasteiger charge is -2.30. The summed E-state index contributed by atoms with van der Waals surface area (Å²) in [6.45, 7) is 17.6. The first kappa shape index (κ1) is 50.7. The molecule has 416 valence electrons. The molecule has 17 rings (SSSR count). The van der Waals surface area contributed by atoms with Crippen LogP contribution in [0.25, 0.3) is 155 Å². The second-order valence-corrected chi connectivity index (χ2v) is 24.4. The quantitative estimate of drug-likeness (QED) is 0.160. The average molecular weight is 1120 g/mol. The minimum atomic E-state index is 0.485. The highest BCUT2D eigenvalue weighted by Crippen LogP contribution is 2.55. The van der Waals surface area contributed by atoms with Gasteiger partial charge >= 0.3 is 0 Å². The number of rotatable bonds is 7. The SMILES string of the molecule is Cc1ccc2c(c1)c1cc(C)ccc1n2-c1c(-c2cccc(-c3ccccc3)n2)c(-n2c3ccc(C)cc3c3cc(C)ccc32)c(-n2c3ccc(C)cc3c3cc(C)ccc32)c(-n2c3ccc(C)cc3c3cc(C)ccc32)c1-c1nc2ccccc2o1. The zero-order valence-corrected chi connectivity index (χ0v) is 49.9. The predicted molar refractivity (Wildman–Crippen MR) is 363 cm³/mol. The number of aromatic nitrogens is 6. The fourth-order valence-electron chi connectivity index (χ4n) is 14.3. The third-order valence-electron chi connectivity index (χ3n) is 18.2. The van der Waals surface area contributed by atoms with Crippen LogP contribution in [0, 0.1) is 55.4 Å². The van der Waals surface area contributed by atoms with Crippen LogP contribution in [0.5, 0.6) is 0 Å². The second-order valence-electron chi connectivity index (χ2n) is 24.4. The average Bonchev–Trinajstić information content (AvgIpc) is 1.62. The molecule has 6 heterocycles. The highest BCUT2D eigenvalue weighted by Gasteiger charge is 2.38. The van der Waals surface area contributed by atoms with E-state index in [1.807, 2.05) is 12.1 Å². The van der Waals surface area contributed by atoms with Crippen molar-refractivity contribution in [1.29, 1.82) is 0 Å². The van der Waals surface area contributed by atoms with E-state index in [1.54, 1.807) is 0 Å². The highest BCUT2D eigenvalue weighted by molar-refractivity contribution is 6.19. The van der Waals surface area contributed by atoms with E-state index < -0.39 is 0 Å². The molecule has 0 fully saturated rings. The Labute approximate surface area is 503 Å². The van der Waals surface area contributed by atoms with Crippen molar-refractivity contribution in [3.63, 3.8) is 0 Å². The van der Waals surface area contributed by atoms with Crippen LogP contribution in [0.2, 0.25) is 0 Å². The molecule has 0 amide bonds. The molecule has 0 bridgehead atoms. The number of oxazole rings is 1. The summed E-state index contributed by atoms with van der Waals surface area (Å²) >= 11 is 0. The Morgan fingerprint density at radius 1 is 0.264 bits per heavy atom. The van der Waals surface area contributed by atoms with Crippen LogP contribution >= 0.6 is 0 Å². The van der Waals surface area contributed by atoms with E-state index in [0.717, 1.165) is 122 Å². The summed E-state index contributed by atoms with van der Waals surface area (Å²) in [5.41, 5.74) is 27.5. The van der Waals surface area contributed by atoms with E-state index in [4.69, 9.17) is 14.4 Å². The summed E-state index contributed by atoms with van der Waals surface area (Å²) in [6.07, 6.45) is 0. The molecule has 0 unspecified atom stereocenters. The number of hydrogen-bond donors (Lipinski definition) is 0. The predicted octanol–water partition coefficient (Wildman–Crippen LogP) is 21.1. The lowest BCUT2D eigenvalue weighted by atomic mass is 9.94. The van der Waals surface area contributed by atoms with Crippen molar-refractivity contribution < 1.29 is 4.42 Å². The summed E-state index contributed by atoms with van der Waals surface area (Å²) in [6, 6.07) is 81.1. The number of benzene rings is 11. The first-order valence-corrected chi connectivity index (χ1v) is 30.1. The molecule has 0 aliphatic heterocycles. The van der Waals surface area contributed by atoms with E-state index in [9.17, 15) is 0 Å². The van der Waals surface area contributed by atoms with Gasteiger partial charge in [-0.1, -0.05) is 142 Å². The molecule has 0 N–H and O–H groups in total. The monoisotopic (exact) mass is 1120 g/mol. The van der Waals surface area contributed by atoms with E-state index in [2.05, 4.69) is 280 Å². The van der Waals surface area contributed by atoms with E-state index >= 15 is 0 Å². The summed E-state index contributed by atoms with van der Waals surface area (Å²) in [5, 5.41) is 9.29. The van der Waals surface area contributed by atoms with Gasteiger partial charge in [-0.15, -0.1) is 0 Å². The minimum absolute atomic E-state index is 0.485. The van der Waals surface area contributed by atoms with Gasteiger partial charge in [0.1, 0.15) is 5.52 Å². The molecule has 0 aliphatic carbocycles. The van der Waals surface area contributed by atoms with Crippen LogP contribution in [0.4, 0.5) is 0 Å². The van der Waals surface area contributed by atoms with Crippen molar-refractivity contribution in [2.75, 3.05) is 0 Å². The second kappa shape index (κ2) is 18.9. The largest absolute Gasteiger partial charge is 0.436 e. The van der Waals surface area contributed by atoms with Crippen molar-refractivity contribution in [2.45, 2.75) is 55.4 Å². The van der Waals surface area contributed by atoms with Crippen LogP contribution < -0.4 is 0 Å². The molecule has 0 aliphatic rings. The van der Waals surface area contributed by atoms with Crippen molar-refractivity contribution in [2.24, 2.45) is 0 Å². The zero-order valence-electron chi connectivity index (χ0n) is 49.9. The zero-order chi connectivity index (χ0) is 58.7. The van der Waals surface area contributed by atoms with Gasteiger partial charge in [0.2, 0.25) is 5.89 Å². The summed E-state index contributed by atoms with van der Waals surface area (Å²) in [4.78, 5) is 11.7. The Balaban J connectivity index is 1.27. The first-order chi connectivity index (χ1) is 42.4. The van der Waals surface area contributed by atoms with Crippen molar-refractivity contribution >= 4 is 98.3 Å². The Hall–Kier alpha value is -10.8. The van der Waals surface area contributed by atoms with Crippen LogP contribution in [-0.2, 0) is 0 Å². The number of para-hydroxylation sites is 2. The fourth-order valence-corrected chi connectivity index (χ4v) is 14.3. The number of hydrogen-bond acceptors (Lipinski definition) is 3. The van der Waals surface area contributed by atoms with Gasteiger partial charge in [-0.2, -0.15) is 0 Å². The lowest BCUT2D eigenvalue weighted by Crippen LogP contribution is -2.16. The molecule has 7 nitrogen and oxygen atoms in total. The molecule has 0 saturated heterocycles. The minimum Gasteiger partial charge on any atom is -0.436 e. The van der Waals surface area contributed by atoms with Gasteiger partial charge < -0.3 is 22.7 Å². The van der Waals surface area contributed by atoms with E-state index in [-0.39, 0.29) is 0 Å². The van der Waals surface area contributed by atoms with Gasteiger partial charge in [0.15, 0.2) is 5.58 Å². The number of aryl methyl sites for hydroxylation is 8. The van der Waals surface area contributed by atoms with Gasteiger partial charge in [-0.05, 0) is 177 Å². The fraction of sp³-hybridized carbons (Fsp3) is 0.100. The standard InChI is InChI=1S/C80H60N6O/c1-45-21-29-65-54(37-45)55-38-46(2)22-30-66(55)83(65)76-74(64-19-14-18-62(81-64)53-15-10-9-11-16-53)77(84-67-31-23-47(3)39-56(67)57-40-48(4)24-32-68(57)84)79(86-71-35-27-51(7)43-60(71)61-44-52(8)28-36-72(61)86)78(75(76)80-82-63-17-12-13-20-73(63)87-80)85-69-33-25-49(5)41-58(69)59-42-50(6)26-34-70(59)85/h9-44H,1-8H3. The number of fused-ring (bicyclic) bond motifs is 13. The van der Waals surface area contributed by atoms with Crippen molar-refractivity contribution in [3.8, 4) is 56.7 Å². The van der Waals surface area contributed by atoms with Gasteiger partial charge in [-0.3, -0.25) is 0 Å². The van der Waals surface area contributed by atoms with Crippen molar-refractivity contribution in [1.82, 2.24) is 28.2 Å². The van der Waals surface area contributed by atoms with Gasteiger partial charge in [0.25, 0.3) is 0 Å². The Bertz CT molecular complexity index is 5530. The Morgan fingerprint density at radius 3 is 0.966 bits per heavy atom. The van der Waals surface area contributed by atoms with Crippen molar-refractivity contribution in [3.05, 3.63) is 263 Å². The van der Waals surface area contributed by atoms with Crippen LogP contribution in [0.1, 0.15) is 44.5 Å². The molecule has 0 radical (unpaired) electrons. The normalized spacial score (nSPS) is 12.1. The molecular weight excluding hydrogens is 1060 g/mol. The number of nitrogens with zero attached hydrogens (tertiary/aromatic N) is 6. The molecule has 0 atom stereocenters. The molecule has 17 aromatic rings. The Kier molecular flexibility index (Phi) is 11.0. The van der Waals surface area contributed by atoms with Crippen LogP contribution in [-0.4, -0.2) is 28.2 Å². The third-order valence-corrected chi connectivity index (χ3v) is 18.2. The maximum Gasteiger partial charge on any atom is 0.231 e. The summed E-state index contributed by atoms with van der Waals surface area (Å²) in [7, 11) is 0. The molecule has 0 saturated carbocycles. The molecular formula is C80H60N6O. The highest BCUT2D eigenvalue weighted by atomic mass is 16.3. The molecule has 0 spiro atoms. The number of pyridine rings is 1. The molecule has 6 aromatic heterocycles. The van der Waals surface area contributed by atoms with Gasteiger partial charge in [0, 0.05) is 48.7 Å². The first-order valence-electron chi connectivity index (χ1n) is 30.1. The summed E-state index contributed by atoms with van der Waals surface area (Å²) in [5.74, 6) is 0.485. The maximum atomic E-state index is 7.54. The van der Waals surface area contributed by atoms with Gasteiger partial charge in [-0.25, -0.2) is 9.97 Å². The maximum absolute atomic E-state index is 7.54. The van der Waals surface area contributed by atoms with E-state index in [0.29, 0.717) is 11.5 Å². The summed E-state index contributed by atoms with van der Waals surface area (Å²) < 4.78 is 17.8. The topological polar surface area (TPSA) is 58.6 Å².